The van der Waals surface area contributed by atoms with Crippen LogP contribution in [0, 0.1) is 0 Å². The molecule has 1 aliphatic heterocycles. The molecule has 1 saturated heterocycles. The summed E-state index contributed by atoms with van der Waals surface area (Å²) in [7, 11) is -3.14. The van der Waals surface area contributed by atoms with Gasteiger partial charge in [0.1, 0.15) is 0 Å². The molecule has 2 aromatic carbocycles. The van der Waals surface area contributed by atoms with E-state index < -0.39 is 10.0 Å². The maximum Gasteiger partial charge on any atom is 0.213 e. The Hall–Kier alpha value is -2.25. The van der Waals surface area contributed by atoms with Gasteiger partial charge >= 0.3 is 0 Å². The number of sulfonamides is 1. The summed E-state index contributed by atoms with van der Waals surface area (Å²) in [6.07, 6.45) is 2.88. The average molecular weight is 445 g/mol. The van der Waals surface area contributed by atoms with Crippen molar-refractivity contribution in [3.63, 3.8) is 0 Å². The Balaban J connectivity index is 1.33. The van der Waals surface area contributed by atoms with Gasteiger partial charge in [-0.25, -0.2) is 13.1 Å². The van der Waals surface area contributed by atoms with E-state index in [1.165, 1.54) is 11.4 Å². The molecule has 1 fully saturated rings. The minimum Gasteiger partial charge on any atom is -0.385 e. The fraction of sp³-hybridized carbons (Fsp3) is 0.500. The average Bonchev–Trinajstić information content (AvgIpc) is 2.79. The van der Waals surface area contributed by atoms with Crippen LogP contribution in [-0.4, -0.2) is 52.9 Å². The van der Waals surface area contributed by atoms with E-state index in [2.05, 4.69) is 74.4 Å². The second kappa shape index (κ2) is 11.4. The zero-order valence-electron chi connectivity index (χ0n) is 18.8. The van der Waals surface area contributed by atoms with Gasteiger partial charge in [-0.1, -0.05) is 24.6 Å². The predicted molar refractivity (Wildman–Crippen MR) is 132 cm³/mol. The van der Waals surface area contributed by atoms with Crippen LogP contribution in [0.3, 0.4) is 0 Å². The van der Waals surface area contributed by atoms with Crippen LogP contribution in [0.15, 0.2) is 54.6 Å². The summed E-state index contributed by atoms with van der Waals surface area (Å²) in [6.45, 7) is 8.95. The summed E-state index contributed by atoms with van der Waals surface area (Å²) in [5.74, 6) is 0. The van der Waals surface area contributed by atoms with E-state index in [1.54, 1.807) is 13.8 Å². The molecule has 0 saturated carbocycles. The van der Waals surface area contributed by atoms with Crippen molar-refractivity contribution in [2.45, 2.75) is 38.4 Å². The standard InChI is InChI=1S/C24H36N4O2S/c1-21(2)31(29,30)26-16-8-4-7-15-25-22-11-13-24(14-12-22)28-19-17-27(18-20-28)23-9-5-3-6-10-23/h3,5-6,9-14,21,25-26H,4,7-8,15-20H2,1-2H3. The first kappa shape index (κ1) is 23.4. The molecule has 2 aromatic rings. The quantitative estimate of drug-likeness (QED) is 0.514. The lowest BCUT2D eigenvalue weighted by Gasteiger charge is -2.37. The molecule has 0 atom stereocenters. The van der Waals surface area contributed by atoms with Gasteiger partial charge in [0.25, 0.3) is 0 Å². The van der Waals surface area contributed by atoms with Crippen molar-refractivity contribution in [2.75, 3.05) is 54.4 Å². The monoisotopic (exact) mass is 444 g/mol. The maximum atomic E-state index is 11.7. The number of benzene rings is 2. The number of rotatable bonds is 11. The molecular formula is C24H36N4O2S. The lowest BCUT2D eigenvalue weighted by Crippen LogP contribution is -2.46. The van der Waals surface area contributed by atoms with Gasteiger partial charge in [0, 0.05) is 56.3 Å². The SMILES string of the molecule is CC(C)S(=O)(=O)NCCCCCNc1ccc(N2CCN(c3ccccc3)CC2)cc1. The third-order valence-electron chi connectivity index (χ3n) is 5.74. The van der Waals surface area contributed by atoms with Gasteiger partial charge in [0.2, 0.25) is 10.0 Å². The number of nitrogens with one attached hydrogen (secondary N) is 2. The predicted octanol–water partition coefficient (Wildman–Crippen LogP) is 3.92. The second-order valence-electron chi connectivity index (χ2n) is 8.33. The van der Waals surface area contributed by atoms with Crippen LogP contribution in [0.2, 0.25) is 0 Å². The summed E-state index contributed by atoms with van der Waals surface area (Å²) in [5.41, 5.74) is 3.71. The largest absolute Gasteiger partial charge is 0.385 e. The number of nitrogens with zero attached hydrogens (tertiary/aromatic N) is 2. The molecule has 1 heterocycles. The van der Waals surface area contributed by atoms with Crippen molar-refractivity contribution < 1.29 is 8.42 Å². The Morgan fingerprint density at radius 2 is 1.32 bits per heavy atom. The van der Waals surface area contributed by atoms with Crippen LogP contribution in [0.4, 0.5) is 17.1 Å². The molecule has 170 valence electrons. The molecule has 31 heavy (non-hydrogen) atoms. The van der Waals surface area contributed by atoms with E-state index in [0.717, 1.165) is 57.7 Å². The molecule has 3 rings (SSSR count). The van der Waals surface area contributed by atoms with E-state index in [9.17, 15) is 8.42 Å². The maximum absolute atomic E-state index is 11.7. The first-order chi connectivity index (χ1) is 15.0. The normalized spacial score (nSPS) is 14.8. The van der Waals surface area contributed by atoms with Crippen molar-refractivity contribution in [2.24, 2.45) is 0 Å². The Bertz CT molecular complexity index is 878. The highest BCUT2D eigenvalue weighted by molar-refractivity contribution is 7.90. The van der Waals surface area contributed by atoms with Crippen LogP contribution < -0.4 is 19.8 Å². The van der Waals surface area contributed by atoms with Crippen LogP contribution >= 0.6 is 0 Å². The molecular weight excluding hydrogens is 408 g/mol. The summed E-state index contributed by atoms with van der Waals surface area (Å²) >= 11 is 0. The van der Waals surface area contributed by atoms with E-state index >= 15 is 0 Å². The van der Waals surface area contributed by atoms with E-state index in [4.69, 9.17) is 0 Å². The Morgan fingerprint density at radius 1 is 0.774 bits per heavy atom. The van der Waals surface area contributed by atoms with Crippen molar-refractivity contribution in [3.05, 3.63) is 54.6 Å². The number of hydrogen-bond donors (Lipinski definition) is 2. The zero-order valence-corrected chi connectivity index (χ0v) is 19.6. The molecule has 0 radical (unpaired) electrons. The van der Waals surface area contributed by atoms with Gasteiger partial charge in [-0.05, 0) is 63.1 Å². The number of para-hydroxylation sites is 1. The van der Waals surface area contributed by atoms with Gasteiger partial charge in [-0.3, -0.25) is 0 Å². The molecule has 0 spiro atoms. The molecule has 2 N–H and O–H groups in total. The zero-order chi connectivity index (χ0) is 22.1. The van der Waals surface area contributed by atoms with Crippen molar-refractivity contribution in [3.8, 4) is 0 Å². The molecule has 6 nitrogen and oxygen atoms in total. The number of piperazine rings is 1. The number of hydrogen-bond acceptors (Lipinski definition) is 5. The molecule has 0 unspecified atom stereocenters. The molecule has 1 aliphatic rings. The third kappa shape index (κ3) is 7.14. The van der Waals surface area contributed by atoms with Crippen molar-refractivity contribution >= 4 is 27.1 Å². The fourth-order valence-corrected chi connectivity index (χ4v) is 4.45. The Kier molecular flexibility index (Phi) is 8.60. The van der Waals surface area contributed by atoms with Crippen molar-refractivity contribution in [1.82, 2.24) is 4.72 Å². The summed E-state index contributed by atoms with van der Waals surface area (Å²) < 4.78 is 26.1. The van der Waals surface area contributed by atoms with Crippen LogP contribution in [0.5, 0.6) is 0 Å². The first-order valence-corrected chi connectivity index (χ1v) is 12.9. The van der Waals surface area contributed by atoms with E-state index in [-0.39, 0.29) is 5.25 Å². The summed E-state index contributed by atoms with van der Waals surface area (Å²) in [6, 6.07) is 19.3. The lowest BCUT2D eigenvalue weighted by atomic mass is 10.2. The minimum absolute atomic E-state index is 0.370. The van der Waals surface area contributed by atoms with Gasteiger partial charge in [0.15, 0.2) is 0 Å². The highest BCUT2D eigenvalue weighted by Gasteiger charge is 2.17. The molecule has 7 heteroatoms. The van der Waals surface area contributed by atoms with Gasteiger partial charge in [0.05, 0.1) is 5.25 Å². The molecule has 0 aliphatic carbocycles. The van der Waals surface area contributed by atoms with Gasteiger partial charge < -0.3 is 15.1 Å². The second-order valence-corrected chi connectivity index (χ2v) is 10.7. The third-order valence-corrected chi connectivity index (χ3v) is 7.59. The number of unbranched alkanes of at least 4 members (excludes halogenated alkanes) is 2. The van der Waals surface area contributed by atoms with E-state index in [1.807, 2.05) is 0 Å². The van der Waals surface area contributed by atoms with E-state index in [0.29, 0.717) is 6.54 Å². The topological polar surface area (TPSA) is 64.7 Å². The summed E-state index contributed by atoms with van der Waals surface area (Å²) in [5, 5.41) is 3.09. The first-order valence-electron chi connectivity index (χ1n) is 11.3. The van der Waals surface area contributed by atoms with Crippen molar-refractivity contribution in [1.29, 1.82) is 0 Å². The summed E-state index contributed by atoms with van der Waals surface area (Å²) in [4.78, 5) is 4.89. The van der Waals surface area contributed by atoms with Gasteiger partial charge in [-0.15, -0.1) is 0 Å². The Morgan fingerprint density at radius 3 is 1.90 bits per heavy atom. The highest BCUT2D eigenvalue weighted by atomic mass is 32.2. The van der Waals surface area contributed by atoms with Crippen LogP contribution in [0.1, 0.15) is 33.1 Å². The van der Waals surface area contributed by atoms with Gasteiger partial charge in [-0.2, -0.15) is 0 Å². The lowest BCUT2D eigenvalue weighted by molar-refractivity contribution is 0.566. The van der Waals surface area contributed by atoms with Crippen LogP contribution in [-0.2, 0) is 10.0 Å². The number of anilines is 3. The molecule has 0 amide bonds. The highest BCUT2D eigenvalue weighted by Crippen LogP contribution is 2.22. The molecule has 0 bridgehead atoms. The fourth-order valence-electron chi connectivity index (χ4n) is 3.69. The smallest absolute Gasteiger partial charge is 0.213 e. The Labute approximate surface area is 187 Å². The molecule has 0 aromatic heterocycles. The minimum atomic E-state index is -3.14. The van der Waals surface area contributed by atoms with Crippen LogP contribution in [0.25, 0.3) is 0 Å².